The zero-order valence-corrected chi connectivity index (χ0v) is 14.2. The SMILES string of the molecule is O=C(Cc1coc2cc3c(cc12)CCC3)Nc1ccccc1Br. The van der Waals surface area contributed by atoms with Crippen molar-refractivity contribution in [2.75, 3.05) is 5.32 Å². The highest BCUT2D eigenvalue weighted by molar-refractivity contribution is 9.10. The molecule has 0 radical (unpaired) electrons. The summed E-state index contributed by atoms with van der Waals surface area (Å²) in [7, 11) is 0. The van der Waals surface area contributed by atoms with Gasteiger partial charge >= 0.3 is 0 Å². The van der Waals surface area contributed by atoms with Crippen molar-refractivity contribution in [2.45, 2.75) is 25.7 Å². The van der Waals surface area contributed by atoms with Gasteiger partial charge in [0.15, 0.2) is 0 Å². The summed E-state index contributed by atoms with van der Waals surface area (Å²) in [6.07, 6.45) is 5.48. The molecule has 4 rings (SSSR count). The molecule has 3 aromatic rings. The highest BCUT2D eigenvalue weighted by Crippen LogP contribution is 2.30. The molecule has 0 saturated heterocycles. The van der Waals surface area contributed by atoms with E-state index in [1.807, 2.05) is 24.3 Å². The summed E-state index contributed by atoms with van der Waals surface area (Å²) in [6, 6.07) is 11.9. The van der Waals surface area contributed by atoms with E-state index in [1.54, 1.807) is 6.26 Å². The number of furan rings is 1. The number of para-hydroxylation sites is 1. The van der Waals surface area contributed by atoms with Gasteiger partial charge in [-0.15, -0.1) is 0 Å². The fraction of sp³-hybridized carbons (Fsp3) is 0.211. The first-order chi connectivity index (χ1) is 11.2. The molecular weight excluding hydrogens is 354 g/mol. The number of anilines is 1. The van der Waals surface area contributed by atoms with Crippen LogP contribution >= 0.6 is 15.9 Å². The van der Waals surface area contributed by atoms with E-state index in [9.17, 15) is 4.79 Å². The minimum absolute atomic E-state index is 0.0416. The predicted octanol–water partition coefficient (Wildman–Crippen LogP) is 4.87. The molecule has 1 aromatic heterocycles. The first kappa shape index (κ1) is 14.5. The maximum atomic E-state index is 12.3. The van der Waals surface area contributed by atoms with Crippen LogP contribution in [0, 0.1) is 0 Å². The summed E-state index contributed by atoms with van der Waals surface area (Å²) >= 11 is 3.44. The fourth-order valence-corrected chi connectivity index (χ4v) is 3.60. The Hall–Kier alpha value is -2.07. The smallest absolute Gasteiger partial charge is 0.228 e. The number of carbonyl (C=O) groups excluding carboxylic acids is 1. The Morgan fingerprint density at radius 1 is 1.17 bits per heavy atom. The summed E-state index contributed by atoms with van der Waals surface area (Å²) in [6.45, 7) is 0. The Morgan fingerprint density at radius 2 is 1.96 bits per heavy atom. The fourth-order valence-electron chi connectivity index (χ4n) is 3.21. The molecule has 116 valence electrons. The van der Waals surface area contributed by atoms with Gasteiger partial charge in [-0.3, -0.25) is 4.79 Å². The Kier molecular flexibility index (Phi) is 3.69. The van der Waals surface area contributed by atoms with Crippen LogP contribution in [0.5, 0.6) is 0 Å². The van der Waals surface area contributed by atoms with Crippen molar-refractivity contribution in [1.29, 1.82) is 0 Å². The largest absolute Gasteiger partial charge is 0.464 e. The average Bonchev–Trinajstić information content (AvgIpc) is 3.14. The van der Waals surface area contributed by atoms with Gasteiger partial charge in [0.05, 0.1) is 18.4 Å². The van der Waals surface area contributed by atoms with Crippen LogP contribution in [-0.2, 0) is 24.1 Å². The first-order valence-electron chi connectivity index (χ1n) is 7.77. The Balaban J connectivity index is 1.58. The summed E-state index contributed by atoms with van der Waals surface area (Å²) in [4.78, 5) is 12.3. The number of nitrogens with one attached hydrogen (secondary N) is 1. The molecule has 0 fully saturated rings. The Labute approximate surface area is 142 Å². The van der Waals surface area contributed by atoms with E-state index in [-0.39, 0.29) is 5.91 Å². The summed E-state index contributed by atoms with van der Waals surface area (Å²) < 4.78 is 6.54. The van der Waals surface area contributed by atoms with Crippen LogP contribution in [0.3, 0.4) is 0 Å². The lowest BCUT2D eigenvalue weighted by molar-refractivity contribution is -0.115. The van der Waals surface area contributed by atoms with Gasteiger partial charge in [-0.05, 0) is 70.6 Å². The van der Waals surface area contributed by atoms with E-state index in [0.29, 0.717) is 6.42 Å². The van der Waals surface area contributed by atoms with E-state index >= 15 is 0 Å². The number of rotatable bonds is 3. The van der Waals surface area contributed by atoms with Crippen molar-refractivity contribution in [2.24, 2.45) is 0 Å². The number of hydrogen-bond donors (Lipinski definition) is 1. The van der Waals surface area contributed by atoms with Crippen LogP contribution < -0.4 is 5.32 Å². The number of amides is 1. The Morgan fingerprint density at radius 3 is 2.78 bits per heavy atom. The van der Waals surface area contributed by atoms with Gasteiger partial charge < -0.3 is 9.73 Å². The second-order valence-electron chi connectivity index (χ2n) is 5.94. The zero-order valence-electron chi connectivity index (χ0n) is 12.6. The van der Waals surface area contributed by atoms with E-state index < -0.39 is 0 Å². The highest BCUT2D eigenvalue weighted by atomic mass is 79.9. The van der Waals surface area contributed by atoms with Gasteiger partial charge in [-0.1, -0.05) is 12.1 Å². The molecule has 0 spiro atoms. The first-order valence-corrected chi connectivity index (χ1v) is 8.56. The van der Waals surface area contributed by atoms with Crippen molar-refractivity contribution < 1.29 is 9.21 Å². The molecule has 1 N–H and O–H groups in total. The second kappa shape index (κ2) is 5.85. The summed E-state index contributed by atoms with van der Waals surface area (Å²) in [5.41, 5.74) is 5.39. The minimum atomic E-state index is -0.0416. The van der Waals surface area contributed by atoms with Crippen molar-refractivity contribution in [3.8, 4) is 0 Å². The van der Waals surface area contributed by atoms with Crippen molar-refractivity contribution in [3.63, 3.8) is 0 Å². The molecule has 23 heavy (non-hydrogen) atoms. The topological polar surface area (TPSA) is 42.2 Å². The van der Waals surface area contributed by atoms with Crippen LogP contribution in [0.2, 0.25) is 0 Å². The number of aryl methyl sites for hydroxylation is 2. The van der Waals surface area contributed by atoms with Crippen LogP contribution in [0.4, 0.5) is 5.69 Å². The van der Waals surface area contributed by atoms with E-state index in [2.05, 4.69) is 33.4 Å². The van der Waals surface area contributed by atoms with Crippen LogP contribution in [0.25, 0.3) is 11.0 Å². The predicted molar refractivity (Wildman–Crippen MR) is 94.7 cm³/mol. The zero-order chi connectivity index (χ0) is 15.8. The molecule has 4 heteroatoms. The molecule has 0 atom stereocenters. The van der Waals surface area contributed by atoms with Crippen molar-refractivity contribution in [1.82, 2.24) is 0 Å². The highest BCUT2D eigenvalue weighted by Gasteiger charge is 2.17. The average molecular weight is 370 g/mol. The molecule has 0 bridgehead atoms. The molecule has 2 aromatic carbocycles. The van der Waals surface area contributed by atoms with Crippen LogP contribution in [-0.4, -0.2) is 5.91 Å². The standard InChI is InChI=1S/C19H16BrNO2/c20-16-6-1-2-7-17(16)21-19(22)10-14-11-23-18-9-13-5-3-4-12(13)8-15(14)18/h1-2,6-9,11H,3-5,10H2,(H,21,22). The number of hydrogen-bond acceptors (Lipinski definition) is 2. The molecule has 0 aliphatic heterocycles. The van der Waals surface area contributed by atoms with Gasteiger partial charge in [-0.2, -0.15) is 0 Å². The summed E-state index contributed by atoms with van der Waals surface area (Å²) in [5.74, 6) is -0.0416. The van der Waals surface area contributed by atoms with Gasteiger partial charge in [0.25, 0.3) is 0 Å². The lowest BCUT2D eigenvalue weighted by atomic mass is 10.0. The molecule has 3 nitrogen and oxygen atoms in total. The molecule has 1 heterocycles. The Bertz CT molecular complexity index is 898. The van der Waals surface area contributed by atoms with Crippen molar-refractivity contribution >= 4 is 38.5 Å². The molecule has 1 amide bonds. The molecule has 1 aliphatic carbocycles. The van der Waals surface area contributed by atoms with Gasteiger partial charge in [0.2, 0.25) is 5.91 Å². The maximum absolute atomic E-state index is 12.3. The number of fused-ring (bicyclic) bond motifs is 2. The van der Waals surface area contributed by atoms with Gasteiger partial charge in [0.1, 0.15) is 5.58 Å². The normalized spacial score (nSPS) is 13.3. The number of carbonyl (C=O) groups is 1. The lowest BCUT2D eigenvalue weighted by Crippen LogP contribution is -2.14. The molecule has 1 aliphatic rings. The van der Waals surface area contributed by atoms with Crippen LogP contribution in [0.1, 0.15) is 23.1 Å². The molecule has 0 saturated carbocycles. The van der Waals surface area contributed by atoms with Crippen molar-refractivity contribution in [3.05, 3.63) is 63.8 Å². The minimum Gasteiger partial charge on any atom is -0.464 e. The van der Waals surface area contributed by atoms with E-state index in [1.165, 1.54) is 17.5 Å². The third-order valence-corrected chi connectivity index (χ3v) is 5.06. The van der Waals surface area contributed by atoms with E-state index in [4.69, 9.17) is 4.42 Å². The summed E-state index contributed by atoms with van der Waals surface area (Å²) in [5, 5.41) is 4.00. The monoisotopic (exact) mass is 369 g/mol. The third kappa shape index (κ3) is 2.79. The van der Waals surface area contributed by atoms with Crippen LogP contribution in [0.15, 0.2) is 51.6 Å². The third-order valence-electron chi connectivity index (χ3n) is 4.37. The second-order valence-corrected chi connectivity index (χ2v) is 6.79. The quantitative estimate of drug-likeness (QED) is 0.715. The molecular formula is C19H16BrNO2. The van der Waals surface area contributed by atoms with E-state index in [0.717, 1.165) is 39.5 Å². The number of halogens is 1. The maximum Gasteiger partial charge on any atom is 0.228 e. The number of benzene rings is 2. The van der Waals surface area contributed by atoms with Gasteiger partial charge in [-0.25, -0.2) is 0 Å². The van der Waals surface area contributed by atoms with Gasteiger partial charge in [0, 0.05) is 15.4 Å². The lowest BCUT2D eigenvalue weighted by Gasteiger charge is -2.06. The molecule has 0 unspecified atom stereocenters.